The molecule has 3 rings (SSSR count). The maximum absolute atomic E-state index is 10.7. The predicted octanol–water partition coefficient (Wildman–Crippen LogP) is 4.80. The van der Waals surface area contributed by atoms with Crippen molar-refractivity contribution in [3.05, 3.63) is 46.4 Å². The number of hydrogen-bond acceptors (Lipinski definition) is 5. The van der Waals surface area contributed by atoms with Gasteiger partial charge in [0.2, 0.25) is 0 Å². The summed E-state index contributed by atoms with van der Waals surface area (Å²) in [6.07, 6.45) is -0.569. The van der Waals surface area contributed by atoms with Crippen molar-refractivity contribution in [2.75, 3.05) is 7.11 Å². The second-order valence-corrected chi connectivity index (χ2v) is 8.56. The number of rotatable bonds is 2. The molecule has 5 nitrogen and oxygen atoms in total. The van der Waals surface area contributed by atoms with E-state index in [0.29, 0.717) is 20.9 Å². The van der Waals surface area contributed by atoms with Gasteiger partial charge >= 0.3 is 0 Å². The normalized spacial score (nSPS) is 23.5. The first-order valence-corrected chi connectivity index (χ1v) is 9.35. The van der Waals surface area contributed by atoms with E-state index in [4.69, 9.17) is 9.47 Å². The summed E-state index contributed by atoms with van der Waals surface area (Å²) >= 11 is 3.27. The SMILES string of the molecule is COc1cccc2c1O[C@@H](c1ccc(O)c(Br)c1)[C@H](C)S2(O)O. The van der Waals surface area contributed by atoms with Crippen molar-refractivity contribution in [3.8, 4) is 17.2 Å². The maximum atomic E-state index is 10.7. The van der Waals surface area contributed by atoms with Crippen molar-refractivity contribution < 1.29 is 23.7 Å². The molecule has 0 aromatic heterocycles. The minimum Gasteiger partial charge on any atom is -0.507 e. The molecule has 1 heterocycles. The summed E-state index contributed by atoms with van der Waals surface area (Å²) in [6.45, 7) is 1.74. The fraction of sp³-hybridized carbons (Fsp3) is 0.250. The molecular weight excluding hydrogens is 384 g/mol. The number of hydrogen-bond donors (Lipinski definition) is 3. The van der Waals surface area contributed by atoms with Crippen molar-refractivity contribution in [3.63, 3.8) is 0 Å². The zero-order chi connectivity index (χ0) is 16.8. The summed E-state index contributed by atoms with van der Waals surface area (Å²) < 4.78 is 33.3. The second-order valence-electron chi connectivity index (χ2n) is 5.33. The molecule has 2 atom stereocenters. The smallest absolute Gasteiger partial charge is 0.185 e. The highest BCUT2D eigenvalue weighted by Gasteiger charge is 2.41. The van der Waals surface area contributed by atoms with Crippen LogP contribution in [0.4, 0.5) is 0 Å². The predicted molar refractivity (Wildman–Crippen MR) is 92.7 cm³/mol. The van der Waals surface area contributed by atoms with Crippen LogP contribution in [0.25, 0.3) is 0 Å². The summed E-state index contributed by atoms with van der Waals surface area (Å²) in [5.41, 5.74) is 0.735. The zero-order valence-electron chi connectivity index (χ0n) is 12.6. The van der Waals surface area contributed by atoms with Crippen LogP contribution in [-0.4, -0.2) is 26.6 Å². The number of phenols is 1. The molecule has 124 valence electrons. The lowest BCUT2D eigenvalue weighted by molar-refractivity contribution is 0.172. The highest BCUT2D eigenvalue weighted by molar-refractivity contribution is 9.10. The lowest BCUT2D eigenvalue weighted by atomic mass is 10.1. The number of para-hydroxylation sites is 1. The van der Waals surface area contributed by atoms with Crippen LogP contribution in [0.3, 0.4) is 0 Å². The van der Waals surface area contributed by atoms with Crippen LogP contribution in [-0.2, 0) is 0 Å². The van der Waals surface area contributed by atoms with Crippen LogP contribution in [0.15, 0.2) is 45.8 Å². The van der Waals surface area contributed by atoms with Crippen LogP contribution < -0.4 is 9.47 Å². The van der Waals surface area contributed by atoms with Gasteiger partial charge in [-0.25, -0.2) is 0 Å². The van der Waals surface area contributed by atoms with Gasteiger partial charge in [0.05, 0.1) is 16.8 Å². The summed E-state index contributed by atoms with van der Waals surface area (Å²) in [7, 11) is -1.55. The van der Waals surface area contributed by atoms with Crippen molar-refractivity contribution in [2.24, 2.45) is 0 Å². The molecule has 0 aliphatic carbocycles. The Morgan fingerprint density at radius 2 is 1.96 bits per heavy atom. The first kappa shape index (κ1) is 16.4. The van der Waals surface area contributed by atoms with Crippen LogP contribution in [0, 0.1) is 0 Å². The fourth-order valence-corrected chi connectivity index (χ4v) is 4.70. The molecular formula is C16H17BrO5S. The van der Waals surface area contributed by atoms with Crippen LogP contribution >= 0.6 is 26.5 Å². The lowest BCUT2D eigenvalue weighted by Crippen LogP contribution is -2.31. The molecule has 2 aromatic rings. The molecule has 0 bridgehead atoms. The monoisotopic (exact) mass is 400 g/mol. The first-order valence-electron chi connectivity index (χ1n) is 6.95. The van der Waals surface area contributed by atoms with Gasteiger partial charge in [-0.15, -0.1) is 0 Å². The Morgan fingerprint density at radius 3 is 2.61 bits per heavy atom. The number of benzene rings is 2. The molecule has 7 heteroatoms. The standard InChI is InChI=1S/C16H17BrO5S/c1-9-15(10-6-7-12(18)11(17)8-10)22-16-13(21-2)4-3-5-14(16)23(9,19)20/h3-9,15,18-20H,1-2H3/t9-,15+/m0/s1. The zero-order valence-corrected chi connectivity index (χ0v) is 15.0. The van der Waals surface area contributed by atoms with Gasteiger partial charge in [-0.2, -0.15) is 10.6 Å². The van der Waals surface area contributed by atoms with E-state index >= 15 is 0 Å². The van der Waals surface area contributed by atoms with Gasteiger partial charge < -0.3 is 14.6 Å². The van der Waals surface area contributed by atoms with E-state index in [0.717, 1.165) is 5.56 Å². The number of methoxy groups -OCH3 is 1. The minimum atomic E-state index is -3.06. The van der Waals surface area contributed by atoms with Crippen molar-refractivity contribution in [1.29, 1.82) is 0 Å². The van der Waals surface area contributed by atoms with Gasteiger partial charge in [0.25, 0.3) is 0 Å². The molecule has 23 heavy (non-hydrogen) atoms. The number of halogens is 1. The van der Waals surface area contributed by atoms with Crippen LogP contribution in [0.5, 0.6) is 17.2 Å². The highest BCUT2D eigenvalue weighted by Crippen LogP contribution is 2.64. The Hall–Kier alpha value is -1.41. The van der Waals surface area contributed by atoms with Gasteiger partial charge in [0.1, 0.15) is 16.7 Å². The Morgan fingerprint density at radius 1 is 1.22 bits per heavy atom. The number of phenolic OH excluding ortho intramolecular Hbond substituents is 1. The van der Waals surface area contributed by atoms with E-state index in [1.165, 1.54) is 7.11 Å². The molecule has 0 unspecified atom stereocenters. The van der Waals surface area contributed by atoms with E-state index in [-0.39, 0.29) is 5.75 Å². The van der Waals surface area contributed by atoms with E-state index < -0.39 is 21.9 Å². The summed E-state index contributed by atoms with van der Waals surface area (Å²) in [5, 5.41) is 9.11. The molecule has 0 fully saturated rings. The largest absolute Gasteiger partial charge is 0.507 e. The Bertz CT molecular complexity index is 749. The topological polar surface area (TPSA) is 79.2 Å². The third kappa shape index (κ3) is 2.67. The quantitative estimate of drug-likeness (QED) is 0.674. The summed E-state index contributed by atoms with van der Waals surface area (Å²) in [6, 6.07) is 10.0. The second kappa shape index (κ2) is 5.90. The average Bonchev–Trinajstić information content (AvgIpc) is 2.53. The van der Waals surface area contributed by atoms with Gasteiger partial charge in [0.15, 0.2) is 11.5 Å². The van der Waals surface area contributed by atoms with Crippen molar-refractivity contribution >= 4 is 26.5 Å². The molecule has 0 spiro atoms. The van der Waals surface area contributed by atoms with E-state index in [2.05, 4.69) is 15.9 Å². The first-order chi connectivity index (χ1) is 10.9. The molecule has 1 aliphatic heterocycles. The number of aromatic hydroxyl groups is 1. The Labute approximate surface area is 144 Å². The summed E-state index contributed by atoms with van der Waals surface area (Å²) in [5.74, 6) is 0.918. The van der Waals surface area contributed by atoms with Crippen LogP contribution in [0.1, 0.15) is 18.6 Å². The maximum Gasteiger partial charge on any atom is 0.185 e. The third-order valence-electron chi connectivity index (χ3n) is 3.98. The fourth-order valence-electron chi connectivity index (χ4n) is 2.64. The Kier molecular flexibility index (Phi) is 4.22. The number of ether oxygens (including phenoxy) is 2. The molecule has 0 saturated heterocycles. The van der Waals surface area contributed by atoms with Gasteiger partial charge in [0, 0.05) is 0 Å². The lowest BCUT2D eigenvalue weighted by Gasteiger charge is -2.47. The van der Waals surface area contributed by atoms with Crippen LogP contribution in [0.2, 0.25) is 0 Å². The van der Waals surface area contributed by atoms with Gasteiger partial charge in [-0.1, -0.05) is 12.1 Å². The third-order valence-corrected chi connectivity index (χ3v) is 6.86. The molecule has 3 N–H and O–H groups in total. The average molecular weight is 401 g/mol. The molecule has 0 amide bonds. The van der Waals surface area contributed by atoms with Gasteiger partial charge in [-0.3, -0.25) is 9.11 Å². The minimum absolute atomic E-state index is 0.113. The molecule has 0 radical (unpaired) electrons. The van der Waals surface area contributed by atoms with E-state index in [1.54, 1.807) is 43.3 Å². The highest BCUT2D eigenvalue weighted by atomic mass is 79.9. The molecule has 1 aliphatic rings. The number of fused-ring (bicyclic) bond motifs is 1. The van der Waals surface area contributed by atoms with Crippen molar-refractivity contribution in [1.82, 2.24) is 0 Å². The van der Waals surface area contributed by atoms with Gasteiger partial charge in [-0.05, 0) is 52.7 Å². The van der Waals surface area contributed by atoms with E-state index in [9.17, 15) is 14.2 Å². The van der Waals surface area contributed by atoms with E-state index in [1.807, 2.05) is 0 Å². The van der Waals surface area contributed by atoms with Crippen molar-refractivity contribution in [2.45, 2.75) is 23.2 Å². The molecule has 2 aromatic carbocycles. The summed E-state index contributed by atoms with van der Waals surface area (Å²) in [4.78, 5) is 0.360. The molecule has 0 saturated carbocycles. The Balaban J connectivity index is 2.12.